The van der Waals surface area contributed by atoms with Gasteiger partial charge < -0.3 is 24.8 Å². The summed E-state index contributed by atoms with van der Waals surface area (Å²) in [7, 11) is 4.09. The van der Waals surface area contributed by atoms with E-state index in [0.29, 0.717) is 17.6 Å². The molecule has 238 valence electrons. The fourth-order valence-corrected chi connectivity index (χ4v) is 6.38. The molecule has 11 heteroatoms. The Hall–Kier alpha value is -3.70. The summed E-state index contributed by atoms with van der Waals surface area (Å²) in [5, 5.41) is 4.26. The van der Waals surface area contributed by atoms with Crippen LogP contribution in [0.5, 0.6) is 0 Å². The maximum atomic E-state index is 12.2. The highest BCUT2D eigenvalue weighted by molar-refractivity contribution is 5.82. The smallest absolute Gasteiger partial charge is 0.410 e. The third-order valence-electron chi connectivity index (χ3n) is 8.84. The molecule has 6 heterocycles. The van der Waals surface area contributed by atoms with Crippen molar-refractivity contribution in [3.05, 3.63) is 47.9 Å². The standard InChI is InChI=1S/C20H30N4O3.C13H18N4/c1-20(2,3)27-19(26)24-12-10-22(11-13-24)17-6-8-23(9-7-17)18-5-4-16(15-25)14-21-18;1-14-13-7-10-9(8-15-13)6-11(16-10)12-4-3-5-17(12)2/h4-5,14-15,17H,6-13H2,1-3H3;6-8,12,16H,3-5H2,1-2H3,(H,14,15). The van der Waals surface area contributed by atoms with Crippen molar-refractivity contribution in [2.24, 2.45) is 0 Å². The highest BCUT2D eigenvalue weighted by Crippen LogP contribution is 2.32. The third-order valence-corrected chi connectivity index (χ3v) is 8.84. The van der Waals surface area contributed by atoms with E-state index in [1.54, 1.807) is 6.20 Å². The minimum Gasteiger partial charge on any atom is -0.444 e. The Balaban J connectivity index is 0.000000193. The first-order valence-electron chi connectivity index (χ1n) is 15.9. The molecule has 44 heavy (non-hydrogen) atoms. The predicted octanol–water partition coefficient (Wildman–Crippen LogP) is 4.79. The van der Waals surface area contributed by atoms with E-state index in [4.69, 9.17) is 4.74 Å². The van der Waals surface area contributed by atoms with Crippen LogP contribution in [0.2, 0.25) is 0 Å². The van der Waals surface area contributed by atoms with Gasteiger partial charge in [0.15, 0.2) is 6.29 Å². The first-order valence-corrected chi connectivity index (χ1v) is 15.9. The maximum absolute atomic E-state index is 12.2. The van der Waals surface area contributed by atoms with Crippen molar-refractivity contribution in [1.29, 1.82) is 0 Å². The minimum absolute atomic E-state index is 0.207. The Morgan fingerprint density at radius 1 is 1.00 bits per heavy atom. The zero-order valence-electron chi connectivity index (χ0n) is 26.9. The van der Waals surface area contributed by atoms with Crippen LogP contribution in [0.15, 0.2) is 36.7 Å². The summed E-state index contributed by atoms with van der Waals surface area (Å²) in [5.74, 6) is 1.85. The van der Waals surface area contributed by atoms with Crippen LogP contribution in [-0.4, -0.2) is 114 Å². The van der Waals surface area contributed by atoms with Gasteiger partial charge in [-0.1, -0.05) is 0 Å². The molecule has 3 aromatic heterocycles. The molecule has 3 aliphatic heterocycles. The average molecular weight is 605 g/mol. The lowest BCUT2D eigenvalue weighted by molar-refractivity contribution is 0.00900. The van der Waals surface area contributed by atoms with Crippen molar-refractivity contribution in [3.63, 3.8) is 0 Å². The Bertz CT molecular complexity index is 1390. The number of amides is 1. The lowest BCUT2D eigenvalue weighted by atomic mass is 10.0. The molecule has 0 aromatic carbocycles. The summed E-state index contributed by atoms with van der Waals surface area (Å²) in [6.07, 6.45) is 8.88. The van der Waals surface area contributed by atoms with Gasteiger partial charge in [-0.2, -0.15) is 0 Å². The highest BCUT2D eigenvalue weighted by atomic mass is 16.6. The molecule has 6 rings (SSSR count). The van der Waals surface area contributed by atoms with Gasteiger partial charge in [0.05, 0.1) is 5.52 Å². The number of piperazine rings is 1. The van der Waals surface area contributed by atoms with Gasteiger partial charge in [0.25, 0.3) is 0 Å². The van der Waals surface area contributed by atoms with Crippen molar-refractivity contribution >= 4 is 34.9 Å². The van der Waals surface area contributed by atoms with E-state index in [2.05, 4.69) is 54.1 Å². The Labute approximate surface area is 260 Å². The van der Waals surface area contributed by atoms with Crippen LogP contribution in [-0.2, 0) is 4.74 Å². The Morgan fingerprint density at radius 3 is 2.34 bits per heavy atom. The van der Waals surface area contributed by atoms with Crippen LogP contribution >= 0.6 is 0 Å². The number of hydrogen-bond donors (Lipinski definition) is 2. The first-order chi connectivity index (χ1) is 21.1. The number of piperidine rings is 1. The lowest BCUT2D eigenvalue weighted by Crippen LogP contribution is -2.55. The summed E-state index contributed by atoms with van der Waals surface area (Å²) < 4.78 is 5.47. The number of aldehydes is 1. The van der Waals surface area contributed by atoms with Crippen LogP contribution in [0, 0.1) is 0 Å². The normalized spacial score (nSPS) is 20.3. The molecule has 0 spiro atoms. The number of rotatable bonds is 5. The summed E-state index contributed by atoms with van der Waals surface area (Å²) in [6, 6.07) is 9.12. The fourth-order valence-electron chi connectivity index (χ4n) is 6.38. The van der Waals surface area contributed by atoms with Gasteiger partial charge in [0.1, 0.15) is 17.2 Å². The molecule has 1 amide bonds. The van der Waals surface area contributed by atoms with Crippen LogP contribution in [0.3, 0.4) is 0 Å². The number of aromatic nitrogens is 3. The van der Waals surface area contributed by atoms with Crippen molar-refractivity contribution in [3.8, 4) is 0 Å². The SMILES string of the molecule is CC(C)(C)OC(=O)N1CCN(C2CCN(c3ccc(C=O)cn3)CC2)CC1.CNc1cc2[nH]c(C3CCCN3C)cc2cn1. The van der Waals surface area contributed by atoms with Gasteiger partial charge in [0.2, 0.25) is 0 Å². The molecule has 0 aliphatic carbocycles. The van der Waals surface area contributed by atoms with Gasteiger partial charge in [-0.3, -0.25) is 14.6 Å². The van der Waals surface area contributed by atoms with Gasteiger partial charge in [-0.25, -0.2) is 14.8 Å². The zero-order chi connectivity index (χ0) is 31.3. The van der Waals surface area contributed by atoms with Crippen molar-refractivity contribution in [1.82, 2.24) is 29.7 Å². The molecular weight excluding hydrogens is 556 g/mol. The van der Waals surface area contributed by atoms with Gasteiger partial charge >= 0.3 is 6.09 Å². The number of likely N-dealkylation sites (tertiary alicyclic amines) is 1. The monoisotopic (exact) mass is 604 g/mol. The number of anilines is 2. The van der Waals surface area contributed by atoms with E-state index in [1.165, 1.54) is 36.0 Å². The van der Waals surface area contributed by atoms with E-state index in [1.807, 2.05) is 51.0 Å². The van der Waals surface area contributed by atoms with E-state index in [-0.39, 0.29) is 6.09 Å². The number of nitrogens with one attached hydrogen (secondary N) is 2. The van der Waals surface area contributed by atoms with Gasteiger partial charge in [-0.05, 0) is 78.2 Å². The molecule has 3 aromatic rings. The number of ether oxygens (including phenoxy) is 1. The quantitative estimate of drug-likeness (QED) is 0.398. The molecule has 3 saturated heterocycles. The van der Waals surface area contributed by atoms with E-state index in [0.717, 1.165) is 70.0 Å². The highest BCUT2D eigenvalue weighted by Gasteiger charge is 2.31. The summed E-state index contributed by atoms with van der Waals surface area (Å²) >= 11 is 0. The van der Waals surface area contributed by atoms with Crippen LogP contribution in [0.25, 0.3) is 10.9 Å². The number of nitrogens with zero attached hydrogens (tertiary/aromatic N) is 6. The third kappa shape index (κ3) is 7.87. The predicted molar refractivity (Wildman–Crippen MR) is 174 cm³/mol. The van der Waals surface area contributed by atoms with Crippen molar-refractivity contribution in [2.75, 3.05) is 70.1 Å². The average Bonchev–Trinajstić information content (AvgIpc) is 3.66. The topological polar surface area (TPSA) is 110 Å². The molecule has 1 unspecified atom stereocenters. The molecule has 3 aliphatic rings. The number of aromatic amines is 1. The Kier molecular flexibility index (Phi) is 10.1. The summed E-state index contributed by atoms with van der Waals surface area (Å²) in [6.45, 7) is 12.1. The molecule has 1 atom stereocenters. The maximum Gasteiger partial charge on any atom is 0.410 e. The molecule has 3 fully saturated rings. The van der Waals surface area contributed by atoms with Crippen molar-refractivity contribution in [2.45, 2.75) is 64.1 Å². The van der Waals surface area contributed by atoms with E-state index >= 15 is 0 Å². The van der Waals surface area contributed by atoms with Crippen LogP contribution in [0.1, 0.15) is 68.5 Å². The molecule has 11 nitrogen and oxygen atoms in total. The second-order valence-electron chi connectivity index (χ2n) is 13.1. The van der Waals surface area contributed by atoms with Crippen LogP contribution < -0.4 is 10.2 Å². The number of carbonyl (C=O) groups excluding carboxylic acids is 2. The van der Waals surface area contributed by atoms with E-state index in [9.17, 15) is 9.59 Å². The molecule has 0 saturated carbocycles. The number of pyridine rings is 2. The summed E-state index contributed by atoms with van der Waals surface area (Å²) in [5.41, 5.74) is 2.64. The second kappa shape index (κ2) is 13.9. The lowest BCUT2D eigenvalue weighted by Gasteiger charge is -2.43. The first kappa shape index (κ1) is 31.7. The minimum atomic E-state index is -0.445. The zero-order valence-corrected chi connectivity index (χ0v) is 26.9. The van der Waals surface area contributed by atoms with E-state index < -0.39 is 5.60 Å². The molecule has 0 radical (unpaired) electrons. The molecule has 2 N–H and O–H groups in total. The fraction of sp³-hybridized carbons (Fsp3) is 0.576. The Morgan fingerprint density at radius 2 is 1.75 bits per heavy atom. The summed E-state index contributed by atoms with van der Waals surface area (Å²) in [4.78, 5) is 44.2. The molecular formula is C33H48N8O3. The number of fused-ring (bicyclic) bond motifs is 1. The second-order valence-corrected chi connectivity index (χ2v) is 13.1. The largest absolute Gasteiger partial charge is 0.444 e. The number of H-pyrrole nitrogens is 1. The molecule has 0 bridgehead atoms. The van der Waals surface area contributed by atoms with Gasteiger partial charge in [0, 0.05) is 93.5 Å². The van der Waals surface area contributed by atoms with Crippen LogP contribution in [0.4, 0.5) is 16.4 Å². The number of hydrogen-bond acceptors (Lipinski definition) is 9. The number of carbonyl (C=O) groups is 2. The van der Waals surface area contributed by atoms with Gasteiger partial charge in [-0.15, -0.1) is 0 Å². The van der Waals surface area contributed by atoms with Crippen molar-refractivity contribution < 1.29 is 14.3 Å².